The Morgan fingerprint density at radius 2 is 2.06 bits per heavy atom. The monoisotopic (exact) mass is 257 g/mol. The molecule has 18 heavy (non-hydrogen) atoms. The molecule has 1 aromatic carbocycles. The standard InChI is InChI=1S/C14H8FNOS/c15-10-5-9(6-16-7-10)14(17)12-8-18-13-4-2-1-3-11(12)13/h1-8H. The number of hydrogen-bond acceptors (Lipinski definition) is 3. The molecule has 0 bridgehead atoms. The topological polar surface area (TPSA) is 30.0 Å². The first-order chi connectivity index (χ1) is 8.75. The maximum atomic E-state index is 13.1. The highest BCUT2D eigenvalue weighted by Gasteiger charge is 2.14. The third kappa shape index (κ3) is 1.80. The van der Waals surface area contributed by atoms with Crippen molar-refractivity contribution in [3.63, 3.8) is 0 Å². The number of benzene rings is 1. The van der Waals surface area contributed by atoms with Crippen molar-refractivity contribution in [3.8, 4) is 0 Å². The molecule has 3 rings (SSSR count). The highest BCUT2D eigenvalue weighted by Crippen LogP contribution is 2.27. The van der Waals surface area contributed by atoms with Gasteiger partial charge >= 0.3 is 0 Å². The molecule has 2 nitrogen and oxygen atoms in total. The molecule has 0 aliphatic heterocycles. The molecule has 88 valence electrons. The highest BCUT2D eigenvalue weighted by molar-refractivity contribution is 7.17. The molecular formula is C14H8FNOS. The maximum Gasteiger partial charge on any atom is 0.196 e. The van der Waals surface area contributed by atoms with E-state index in [0.717, 1.165) is 16.3 Å². The van der Waals surface area contributed by atoms with Gasteiger partial charge in [-0.2, -0.15) is 0 Å². The van der Waals surface area contributed by atoms with Crippen molar-refractivity contribution in [1.29, 1.82) is 0 Å². The molecular weight excluding hydrogens is 249 g/mol. The summed E-state index contributed by atoms with van der Waals surface area (Å²) in [6.07, 6.45) is 2.47. The molecule has 0 unspecified atom stereocenters. The third-order valence-corrected chi connectivity index (χ3v) is 3.66. The van der Waals surface area contributed by atoms with Gasteiger partial charge in [0.15, 0.2) is 5.78 Å². The smallest absolute Gasteiger partial charge is 0.196 e. The van der Waals surface area contributed by atoms with E-state index in [4.69, 9.17) is 0 Å². The van der Waals surface area contributed by atoms with Gasteiger partial charge in [0.05, 0.1) is 6.20 Å². The lowest BCUT2D eigenvalue weighted by Crippen LogP contribution is -2.01. The number of hydrogen-bond donors (Lipinski definition) is 0. The minimum atomic E-state index is -0.500. The molecule has 0 radical (unpaired) electrons. The second kappa shape index (κ2) is 4.31. The summed E-state index contributed by atoms with van der Waals surface area (Å²) in [4.78, 5) is 16.0. The van der Waals surface area contributed by atoms with Crippen LogP contribution in [0.4, 0.5) is 4.39 Å². The van der Waals surface area contributed by atoms with Gasteiger partial charge in [-0.3, -0.25) is 9.78 Å². The van der Waals surface area contributed by atoms with Crippen molar-refractivity contribution in [1.82, 2.24) is 4.98 Å². The summed E-state index contributed by atoms with van der Waals surface area (Å²) in [5.74, 6) is -0.695. The predicted octanol–water partition coefficient (Wildman–Crippen LogP) is 3.67. The van der Waals surface area contributed by atoms with Crippen LogP contribution in [-0.2, 0) is 0 Å². The lowest BCUT2D eigenvalue weighted by Gasteiger charge is -1.99. The van der Waals surface area contributed by atoms with Gasteiger partial charge in [0, 0.05) is 32.8 Å². The molecule has 0 saturated carbocycles. The molecule has 0 spiro atoms. The van der Waals surface area contributed by atoms with Crippen LogP contribution in [0.15, 0.2) is 48.1 Å². The van der Waals surface area contributed by atoms with Gasteiger partial charge in [-0.05, 0) is 12.1 Å². The Kier molecular flexibility index (Phi) is 2.64. The number of aromatic nitrogens is 1. The number of carbonyl (C=O) groups excluding carboxylic acids is 1. The summed E-state index contributed by atoms with van der Waals surface area (Å²) in [5, 5.41) is 2.70. The molecule has 0 aliphatic carbocycles. The second-order valence-electron chi connectivity index (χ2n) is 3.87. The summed E-state index contributed by atoms with van der Waals surface area (Å²) < 4.78 is 14.1. The first kappa shape index (κ1) is 11.0. The van der Waals surface area contributed by atoms with Crippen molar-refractivity contribution in [2.24, 2.45) is 0 Å². The van der Waals surface area contributed by atoms with E-state index >= 15 is 0 Å². The zero-order chi connectivity index (χ0) is 12.5. The van der Waals surface area contributed by atoms with E-state index in [1.54, 1.807) is 5.38 Å². The van der Waals surface area contributed by atoms with E-state index < -0.39 is 5.82 Å². The molecule has 0 fully saturated rings. The van der Waals surface area contributed by atoms with E-state index in [0.29, 0.717) is 5.56 Å². The number of halogens is 1. The summed E-state index contributed by atoms with van der Waals surface area (Å²) in [6, 6.07) is 8.88. The third-order valence-electron chi connectivity index (χ3n) is 2.69. The van der Waals surface area contributed by atoms with Crippen molar-refractivity contribution >= 4 is 27.2 Å². The van der Waals surface area contributed by atoms with Crippen LogP contribution in [0.5, 0.6) is 0 Å². The van der Waals surface area contributed by atoms with Gasteiger partial charge in [0.2, 0.25) is 0 Å². The van der Waals surface area contributed by atoms with E-state index in [2.05, 4.69) is 4.98 Å². The zero-order valence-corrected chi connectivity index (χ0v) is 10.1. The summed E-state index contributed by atoms with van der Waals surface area (Å²) in [6.45, 7) is 0. The number of nitrogens with zero attached hydrogens (tertiary/aromatic N) is 1. The number of thiophene rings is 1. The Balaban J connectivity index is 2.12. The van der Waals surface area contributed by atoms with Gasteiger partial charge < -0.3 is 0 Å². The molecule has 0 N–H and O–H groups in total. The molecule has 2 heterocycles. The predicted molar refractivity (Wildman–Crippen MR) is 69.5 cm³/mol. The minimum absolute atomic E-state index is 0.195. The largest absolute Gasteiger partial charge is 0.288 e. The first-order valence-electron chi connectivity index (χ1n) is 5.37. The van der Waals surface area contributed by atoms with Gasteiger partial charge in [0.25, 0.3) is 0 Å². The first-order valence-corrected chi connectivity index (χ1v) is 6.25. The molecule has 2 aromatic heterocycles. The van der Waals surface area contributed by atoms with E-state index in [9.17, 15) is 9.18 Å². The quantitative estimate of drug-likeness (QED) is 0.656. The maximum absolute atomic E-state index is 13.1. The number of pyridine rings is 1. The summed E-state index contributed by atoms with van der Waals surface area (Å²) >= 11 is 1.51. The van der Waals surface area contributed by atoms with Crippen molar-refractivity contribution in [3.05, 3.63) is 65.0 Å². The lowest BCUT2D eigenvalue weighted by molar-refractivity contribution is 0.104. The van der Waals surface area contributed by atoms with Crippen LogP contribution in [0.3, 0.4) is 0 Å². The molecule has 4 heteroatoms. The van der Waals surface area contributed by atoms with Crippen LogP contribution in [-0.4, -0.2) is 10.8 Å². The normalized spacial score (nSPS) is 10.7. The van der Waals surface area contributed by atoms with Crippen LogP contribution < -0.4 is 0 Å². The fourth-order valence-corrected chi connectivity index (χ4v) is 2.79. The van der Waals surface area contributed by atoms with Gasteiger partial charge in [-0.15, -0.1) is 11.3 Å². The minimum Gasteiger partial charge on any atom is -0.288 e. The Labute approximate surface area is 107 Å². The van der Waals surface area contributed by atoms with Crippen LogP contribution in [0.2, 0.25) is 0 Å². The molecule has 3 aromatic rings. The number of fused-ring (bicyclic) bond motifs is 1. The van der Waals surface area contributed by atoms with Crippen LogP contribution >= 0.6 is 11.3 Å². The van der Waals surface area contributed by atoms with E-state index in [1.807, 2.05) is 24.3 Å². The van der Waals surface area contributed by atoms with Crippen LogP contribution in [0, 0.1) is 5.82 Å². The fraction of sp³-hybridized carbons (Fsp3) is 0. The number of rotatable bonds is 2. The van der Waals surface area contributed by atoms with Gasteiger partial charge in [-0.1, -0.05) is 18.2 Å². The van der Waals surface area contributed by atoms with Crippen LogP contribution in [0.1, 0.15) is 15.9 Å². The van der Waals surface area contributed by atoms with Crippen molar-refractivity contribution < 1.29 is 9.18 Å². The Morgan fingerprint density at radius 1 is 1.22 bits per heavy atom. The number of carbonyl (C=O) groups is 1. The highest BCUT2D eigenvalue weighted by atomic mass is 32.1. The summed E-state index contributed by atoms with van der Waals surface area (Å²) in [7, 11) is 0. The summed E-state index contributed by atoms with van der Waals surface area (Å²) in [5.41, 5.74) is 0.876. The molecule has 0 saturated heterocycles. The zero-order valence-electron chi connectivity index (χ0n) is 9.26. The lowest BCUT2D eigenvalue weighted by atomic mass is 10.0. The molecule has 0 aliphatic rings. The van der Waals surface area contributed by atoms with Gasteiger partial charge in [-0.25, -0.2) is 4.39 Å². The number of ketones is 1. The Hall–Kier alpha value is -2.07. The Morgan fingerprint density at radius 3 is 2.89 bits per heavy atom. The van der Waals surface area contributed by atoms with E-state index in [1.165, 1.54) is 23.6 Å². The average molecular weight is 257 g/mol. The van der Waals surface area contributed by atoms with E-state index in [-0.39, 0.29) is 11.3 Å². The average Bonchev–Trinajstić information content (AvgIpc) is 2.82. The SMILES string of the molecule is O=C(c1cncc(F)c1)c1csc2ccccc12. The van der Waals surface area contributed by atoms with Crippen molar-refractivity contribution in [2.75, 3.05) is 0 Å². The molecule has 0 atom stereocenters. The Bertz CT molecular complexity index is 735. The van der Waals surface area contributed by atoms with Crippen LogP contribution in [0.25, 0.3) is 10.1 Å². The second-order valence-corrected chi connectivity index (χ2v) is 4.78. The van der Waals surface area contributed by atoms with Crippen molar-refractivity contribution in [2.45, 2.75) is 0 Å². The molecule has 0 amide bonds. The fourth-order valence-electron chi connectivity index (χ4n) is 1.85. The van der Waals surface area contributed by atoms with Gasteiger partial charge in [0.1, 0.15) is 5.82 Å².